The topological polar surface area (TPSA) is 37.0 Å². The fourth-order valence-electron chi connectivity index (χ4n) is 1.09. The molecule has 77 valence electrons. The van der Waals surface area contributed by atoms with Gasteiger partial charge < -0.3 is 0 Å². The van der Waals surface area contributed by atoms with Gasteiger partial charge in [0.2, 0.25) is 0 Å². The van der Waals surface area contributed by atoms with Gasteiger partial charge in [0.1, 0.15) is 0 Å². The highest BCUT2D eigenvalue weighted by atomic mass is 32.2. The molecule has 0 fully saturated rings. The number of hydrogen-bond donors (Lipinski definition) is 0. The first kappa shape index (κ1) is 12.8. The maximum Gasteiger partial charge on any atom is 0.365 e. The second-order valence-electron chi connectivity index (χ2n) is 3.67. The average molecular weight is 203 g/mol. The summed E-state index contributed by atoms with van der Waals surface area (Å²) in [6, 6.07) is 0. The minimum Gasteiger partial charge on any atom is -0.246 e. The van der Waals surface area contributed by atoms with Crippen LogP contribution in [0.3, 0.4) is 0 Å². The van der Waals surface area contributed by atoms with E-state index in [2.05, 4.69) is 13.8 Å². The third-order valence-corrected chi connectivity index (χ3v) is 2.81. The van der Waals surface area contributed by atoms with Crippen LogP contribution in [0.2, 0.25) is 0 Å². The summed E-state index contributed by atoms with van der Waals surface area (Å²) in [5.41, 5.74) is 0. The summed E-state index contributed by atoms with van der Waals surface area (Å²) >= 11 is 1.46. The van der Waals surface area contributed by atoms with Gasteiger partial charge in [0.05, 0.1) is 5.75 Å². The lowest BCUT2D eigenvalue weighted by Gasteiger charge is -2.03. The van der Waals surface area contributed by atoms with Gasteiger partial charge in [-0.15, -0.1) is 11.8 Å². The van der Waals surface area contributed by atoms with E-state index < -0.39 is 5.97 Å². The number of carbonyl (C=O) groups is 1. The normalized spacial score (nSPS) is 10.7. The average Bonchev–Trinajstić information content (AvgIpc) is 2.01. The molecule has 0 aromatic carbocycles. The molecule has 0 saturated heterocycles. The van der Waals surface area contributed by atoms with Gasteiger partial charge in [-0.05, 0) is 18.1 Å². The Morgan fingerprint density at radius 2 is 1.92 bits per heavy atom. The van der Waals surface area contributed by atoms with Crippen molar-refractivity contribution in [2.24, 2.45) is 5.92 Å². The molecule has 0 N–H and O–H groups in total. The Morgan fingerprint density at radius 1 is 1.23 bits per heavy atom. The summed E-state index contributed by atoms with van der Waals surface area (Å²) in [7, 11) is 0. The van der Waals surface area contributed by atoms with Gasteiger partial charge in [-0.25, -0.2) is 9.90 Å². The van der Waals surface area contributed by atoms with Crippen molar-refractivity contribution in [1.29, 1.82) is 0 Å². The molecule has 2 nitrogen and oxygen atoms in total. The van der Waals surface area contributed by atoms with Crippen molar-refractivity contribution in [2.75, 3.05) is 11.5 Å². The van der Waals surface area contributed by atoms with Crippen molar-refractivity contribution >= 4 is 17.7 Å². The molecule has 0 bridgehead atoms. The maximum absolute atomic E-state index is 10.0. The van der Waals surface area contributed by atoms with E-state index in [1.165, 1.54) is 31.0 Å². The molecule has 0 aromatic heterocycles. The van der Waals surface area contributed by atoms with E-state index in [0.29, 0.717) is 0 Å². The molecule has 0 spiro atoms. The van der Waals surface area contributed by atoms with E-state index in [-0.39, 0.29) is 5.75 Å². The molecule has 0 heterocycles. The lowest BCUT2D eigenvalue weighted by Crippen LogP contribution is -1.96. The Labute approximate surface area is 85.1 Å². The summed E-state index contributed by atoms with van der Waals surface area (Å²) in [5, 5.41) is 10.0. The molecule has 0 aliphatic rings. The zero-order valence-electron chi connectivity index (χ0n) is 8.54. The summed E-state index contributed by atoms with van der Waals surface area (Å²) in [4.78, 5) is 10.0. The molecule has 0 aromatic rings. The lowest BCUT2D eigenvalue weighted by molar-refractivity contribution is -0.139. The maximum atomic E-state index is 10.0. The molecule has 0 saturated carbocycles. The van der Waals surface area contributed by atoms with E-state index in [9.17, 15) is 9.90 Å². The van der Waals surface area contributed by atoms with E-state index in [1.54, 1.807) is 0 Å². The Balaban J connectivity index is 2.96. The standard InChI is InChI=1S/C10H19O2S/c1-9(2)6-4-3-5-7-13-8-10(11)12/h9H,3-8H2,1-2H3. The minimum atomic E-state index is -0.952. The third kappa shape index (κ3) is 11.8. The number of hydrogen-bond acceptors (Lipinski definition) is 2. The molecular weight excluding hydrogens is 184 g/mol. The first-order valence-electron chi connectivity index (χ1n) is 4.90. The number of rotatable bonds is 8. The van der Waals surface area contributed by atoms with Gasteiger partial charge in [0.25, 0.3) is 0 Å². The van der Waals surface area contributed by atoms with Crippen LogP contribution in [0.25, 0.3) is 0 Å². The van der Waals surface area contributed by atoms with Crippen molar-refractivity contribution in [3.05, 3.63) is 0 Å². The van der Waals surface area contributed by atoms with Crippen LogP contribution in [0.5, 0.6) is 0 Å². The fourth-order valence-corrected chi connectivity index (χ4v) is 1.81. The summed E-state index contributed by atoms with van der Waals surface area (Å²) < 4.78 is 0. The third-order valence-electron chi connectivity index (χ3n) is 1.79. The van der Waals surface area contributed by atoms with E-state index >= 15 is 0 Å². The van der Waals surface area contributed by atoms with Crippen molar-refractivity contribution < 1.29 is 9.90 Å². The van der Waals surface area contributed by atoms with Crippen LogP contribution in [0.4, 0.5) is 0 Å². The van der Waals surface area contributed by atoms with Gasteiger partial charge in [-0.3, -0.25) is 0 Å². The van der Waals surface area contributed by atoms with Gasteiger partial charge in [-0.2, -0.15) is 0 Å². The molecule has 0 unspecified atom stereocenters. The first-order chi connectivity index (χ1) is 6.13. The highest BCUT2D eigenvalue weighted by Gasteiger charge is 1.99. The predicted molar refractivity (Wildman–Crippen MR) is 56.3 cm³/mol. The van der Waals surface area contributed by atoms with E-state index in [1.807, 2.05) is 0 Å². The highest BCUT2D eigenvalue weighted by molar-refractivity contribution is 7.99. The molecule has 3 heteroatoms. The second kappa shape index (κ2) is 8.42. The molecule has 0 rings (SSSR count). The highest BCUT2D eigenvalue weighted by Crippen LogP contribution is 2.10. The Hall–Kier alpha value is -0.180. The Morgan fingerprint density at radius 3 is 2.46 bits per heavy atom. The fraction of sp³-hybridized carbons (Fsp3) is 0.900. The van der Waals surface area contributed by atoms with Gasteiger partial charge >= 0.3 is 5.97 Å². The molecule has 0 amide bonds. The minimum absolute atomic E-state index is 0.143. The van der Waals surface area contributed by atoms with Crippen molar-refractivity contribution in [1.82, 2.24) is 0 Å². The molecule has 0 atom stereocenters. The lowest BCUT2D eigenvalue weighted by atomic mass is 10.1. The van der Waals surface area contributed by atoms with Gasteiger partial charge in [0, 0.05) is 0 Å². The van der Waals surface area contributed by atoms with Crippen LogP contribution in [-0.4, -0.2) is 17.5 Å². The zero-order chi connectivity index (χ0) is 10.1. The van der Waals surface area contributed by atoms with Crippen molar-refractivity contribution in [3.8, 4) is 0 Å². The molecule has 0 aliphatic carbocycles. The van der Waals surface area contributed by atoms with Crippen LogP contribution >= 0.6 is 11.8 Å². The summed E-state index contributed by atoms with van der Waals surface area (Å²) in [5.74, 6) is 0.930. The summed E-state index contributed by atoms with van der Waals surface area (Å²) in [6.45, 7) is 4.45. The van der Waals surface area contributed by atoms with Crippen LogP contribution < -0.4 is 0 Å². The van der Waals surface area contributed by atoms with Crippen LogP contribution in [0.15, 0.2) is 0 Å². The Bertz CT molecular complexity index is 135. The van der Waals surface area contributed by atoms with Crippen molar-refractivity contribution in [3.63, 3.8) is 0 Å². The molecule has 0 aliphatic heterocycles. The SMILES string of the molecule is CC(C)CCCCCSCC([O])=O. The number of carbonyl (C=O) groups excluding carboxylic acids is 1. The number of unbranched alkanes of at least 4 members (excludes halogenated alkanes) is 2. The summed E-state index contributed by atoms with van der Waals surface area (Å²) in [6.07, 6.45) is 4.90. The largest absolute Gasteiger partial charge is 0.365 e. The van der Waals surface area contributed by atoms with Gasteiger partial charge in [-0.1, -0.05) is 33.1 Å². The van der Waals surface area contributed by atoms with E-state index in [4.69, 9.17) is 0 Å². The smallest absolute Gasteiger partial charge is 0.246 e. The van der Waals surface area contributed by atoms with Crippen LogP contribution in [0, 0.1) is 5.92 Å². The van der Waals surface area contributed by atoms with Crippen molar-refractivity contribution in [2.45, 2.75) is 39.5 Å². The van der Waals surface area contributed by atoms with Gasteiger partial charge in [0.15, 0.2) is 0 Å². The Kier molecular flexibility index (Phi) is 8.30. The monoisotopic (exact) mass is 203 g/mol. The molecule has 13 heavy (non-hydrogen) atoms. The second-order valence-corrected chi connectivity index (χ2v) is 4.77. The molecular formula is C10H19O2S. The quantitative estimate of drug-likeness (QED) is 0.569. The number of thioether (sulfide) groups is 1. The van der Waals surface area contributed by atoms with E-state index in [0.717, 1.165) is 18.1 Å². The predicted octanol–water partition coefficient (Wildman–Crippen LogP) is 2.89. The molecule has 1 radical (unpaired) electrons. The zero-order valence-corrected chi connectivity index (χ0v) is 9.36. The van der Waals surface area contributed by atoms with Crippen LogP contribution in [-0.2, 0) is 9.90 Å². The first-order valence-corrected chi connectivity index (χ1v) is 6.06. The van der Waals surface area contributed by atoms with Crippen LogP contribution in [0.1, 0.15) is 39.5 Å².